The molecule has 0 saturated carbocycles. The molecule has 1 saturated heterocycles. The summed E-state index contributed by atoms with van der Waals surface area (Å²) in [5, 5.41) is 4.75. The molecule has 1 aliphatic rings. The summed E-state index contributed by atoms with van der Waals surface area (Å²) in [5.74, 6) is 0. The molecule has 3 nitrogen and oxygen atoms in total. The third kappa shape index (κ3) is 4.36. The van der Waals surface area contributed by atoms with Gasteiger partial charge in [0.15, 0.2) is 0 Å². The normalized spacial score (nSPS) is 17.2. The van der Waals surface area contributed by atoms with Crippen molar-refractivity contribution < 1.29 is 0 Å². The summed E-state index contributed by atoms with van der Waals surface area (Å²) in [6.45, 7) is 11.4. The maximum absolute atomic E-state index is 4.52. The van der Waals surface area contributed by atoms with Gasteiger partial charge in [0.1, 0.15) is 0 Å². The highest BCUT2D eigenvalue weighted by Crippen LogP contribution is 2.40. The van der Waals surface area contributed by atoms with Crippen LogP contribution in [0.2, 0.25) is 0 Å². The molecule has 0 aliphatic carbocycles. The van der Waals surface area contributed by atoms with E-state index in [0.717, 1.165) is 31.7 Å². The van der Waals surface area contributed by atoms with Crippen molar-refractivity contribution in [3.8, 4) is 0 Å². The van der Waals surface area contributed by atoms with E-state index in [4.69, 9.17) is 0 Å². The average Bonchev–Trinajstić information content (AvgIpc) is 2.47. The average molecular weight is 356 g/mol. The van der Waals surface area contributed by atoms with Crippen molar-refractivity contribution in [3.63, 3.8) is 0 Å². The Hall–Kier alpha value is -0.870. The van der Waals surface area contributed by atoms with Crippen LogP contribution in [0.25, 0.3) is 10.9 Å². The minimum absolute atomic E-state index is 0. The monoisotopic (exact) mass is 355 g/mol. The van der Waals surface area contributed by atoms with Gasteiger partial charge >= 0.3 is 0 Å². The predicted octanol–water partition coefficient (Wildman–Crippen LogP) is 4.07. The molecule has 23 heavy (non-hydrogen) atoms. The summed E-state index contributed by atoms with van der Waals surface area (Å²) in [5.41, 5.74) is 2.70. The number of hydrogen-bond donors (Lipinski definition) is 1. The molecular formula is C18H27Cl2N3. The lowest BCUT2D eigenvalue weighted by Crippen LogP contribution is -2.48. The van der Waals surface area contributed by atoms with E-state index in [1.807, 2.05) is 6.20 Å². The first kappa shape index (κ1) is 20.2. The van der Waals surface area contributed by atoms with Crippen molar-refractivity contribution in [1.82, 2.24) is 15.2 Å². The number of rotatable bonds is 2. The SMILES string of the molecule is CC(C)(C)[C@H](c1ccnc2ccccc12)N1CCNCC1.Cl.Cl. The van der Waals surface area contributed by atoms with Crippen molar-refractivity contribution in [2.24, 2.45) is 5.41 Å². The number of nitrogens with one attached hydrogen (secondary N) is 1. The Labute approximate surface area is 151 Å². The van der Waals surface area contributed by atoms with E-state index in [1.54, 1.807) is 0 Å². The summed E-state index contributed by atoms with van der Waals surface area (Å²) in [6.07, 6.45) is 1.96. The first-order valence-electron chi connectivity index (χ1n) is 7.86. The summed E-state index contributed by atoms with van der Waals surface area (Å²) in [6, 6.07) is 11.1. The number of halogens is 2. The number of benzene rings is 1. The summed E-state index contributed by atoms with van der Waals surface area (Å²) < 4.78 is 0. The molecule has 2 aromatic rings. The van der Waals surface area contributed by atoms with Crippen LogP contribution >= 0.6 is 24.8 Å². The quantitative estimate of drug-likeness (QED) is 0.879. The minimum atomic E-state index is 0. The van der Waals surface area contributed by atoms with E-state index in [9.17, 15) is 0 Å². The Kier molecular flexibility index (Phi) is 7.28. The molecule has 1 N–H and O–H groups in total. The van der Waals surface area contributed by atoms with Crippen LogP contribution in [0.4, 0.5) is 0 Å². The van der Waals surface area contributed by atoms with Crippen molar-refractivity contribution in [2.45, 2.75) is 26.8 Å². The Morgan fingerprint density at radius 1 is 1.04 bits per heavy atom. The summed E-state index contributed by atoms with van der Waals surface area (Å²) in [4.78, 5) is 7.14. The molecule has 0 unspecified atom stereocenters. The third-order valence-electron chi connectivity index (χ3n) is 4.31. The second-order valence-electron chi connectivity index (χ2n) is 6.97. The molecule has 5 heteroatoms. The van der Waals surface area contributed by atoms with Gasteiger partial charge in [-0.2, -0.15) is 0 Å². The first-order chi connectivity index (χ1) is 10.1. The van der Waals surface area contributed by atoms with Gasteiger partial charge in [-0.15, -0.1) is 24.8 Å². The summed E-state index contributed by atoms with van der Waals surface area (Å²) in [7, 11) is 0. The Morgan fingerprint density at radius 3 is 2.35 bits per heavy atom. The number of pyridine rings is 1. The molecule has 1 aliphatic heterocycles. The maximum Gasteiger partial charge on any atom is 0.0705 e. The highest BCUT2D eigenvalue weighted by Gasteiger charge is 2.33. The van der Waals surface area contributed by atoms with Crippen molar-refractivity contribution in [3.05, 3.63) is 42.1 Å². The van der Waals surface area contributed by atoms with Crippen molar-refractivity contribution in [1.29, 1.82) is 0 Å². The van der Waals surface area contributed by atoms with Gasteiger partial charge in [-0.25, -0.2) is 0 Å². The van der Waals surface area contributed by atoms with Crippen molar-refractivity contribution >= 4 is 35.7 Å². The molecule has 0 spiro atoms. The van der Waals surface area contributed by atoms with Crippen LogP contribution in [0, 0.1) is 5.41 Å². The smallest absolute Gasteiger partial charge is 0.0705 e. The lowest BCUT2D eigenvalue weighted by molar-refractivity contribution is 0.0872. The van der Waals surface area contributed by atoms with Crippen LogP contribution < -0.4 is 5.32 Å². The molecule has 3 rings (SSSR count). The lowest BCUT2D eigenvalue weighted by atomic mass is 9.80. The maximum atomic E-state index is 4.52. The van der Waals surface area contributed by atoms with Crippen LogP contribution in [-0.2, 0) is 0 Å². The Balaban J connectivity index is 0.00000132. The number of fused-ring (bicyclic) bond motifs is 1. The number of para-hydroxylation sites is 1. The van der Waals surface area contributed by atoms with Gasteiger partial charge < -0.3 is 5.32 Å². The largest absolute Gasteiger partial charge is 0.314 e. The lowest BCUT2D eigenvalue weighted by Gasteiger charge is -2.43. The molecule has 128 valence electrons. The summed E-state index contributed by atoms with van der Waals surface area (Å²) >= 11 is 0. The first-order valence-corrected chi connectivity index (χ1v) is 7.86. The highest BCUT2D eigenvalue weighted by molar-refractivity contribution is 5.85. The fraction of sp³-hybridized carbons (Fsp3) is 0.500. The molecule has 1 atom stereocenters. The Morgan fingerprint density at radius 2 is 1.70 bits per heavy atom. The molecular weight excluding hydrogens is 329 g/mol. The highest BCUT2D eigenvalue weighted by atomic mass is 35.5. The molecule has 0 radical (unpaired) electrons. The topological polar surface area (TPSA) is 28.2 Å². The van der Waals surface area contributed by atoms with Gasteiger partial charge in [0.05, 0.1) is 5.52 Å². The van der Waals surface area contributed by atoms with E-state index >= 15 is 0 Å². The zero-order valence-corrected chi connectivity index (χ0v) is 15.7. The van der Waals surface area contributed by atoms with E-state index in [2.05, 4.69) is 66.3 Å². The predicted molar refractivity (Wildman–Crippen MR) is 103 cm³/mol. The van der Waals surface area contributed by atoms with Gasteiger partial charge in [0.2, 0.25) is 0 Å². The molecule has 1 aromatic carbocycles. The van der Waals surface area contributed by atoms with Gasteiger partial charge in [0.25, 0.3) is 0 Å². The van der Waals surface area contributed by atoms with Crippen LogP contribution in [0.1, 0.15) is 32.4 Å². The number of aromatic nitrogens is 1. The van der Waals surface area contributed by atoms with E-state index in [0.29, 0.717) is 6.04 Å². The van der Waals surface area contributed by atoms with E-state index in [-0.39, 0.29) is 30.2 Å². The second kappa shape index (κ2) is 8.29. The zero-order chi connectivity index (χ0) is 14.9. The van der Waals surface area contributed by atoms with Gasteiger partial charge in [-0.05, 0) is 23.1 Å². The minimum Gasteiger partial charge on any atom is -0.314 e. The molecule has 0 amide bonds. The number of nitrogens with zero attached hydrogens (tertiary/aromatic N) is 2. The molecule has 1 aromatic heterocycles. The van der Waals surface area contributed by atoms with Gasteiger partial charge in [0, 0.05) is 43.8 Å². The van der Waals surface area contributed by atoms with Crippen LogP contribution in [0.5, 0.6) is 0 Å². The van der Waals surface area contributed by atoms with Crippen LogP contribution in [0.15, 0.2) is 36.5 Å². The van der Waals surface area contributed by atoms with Crippen LogP contribution in [-0.4, -0.2) is 36.1 Å². The van der Waals surface area contributed by atoms with E-state index in [1.165, 1.54) is 10.9 Å². The van der Waals surface area contributed by atoms with E-state index < -0.39 is 0 Å². The fourth-order valence-corrected chi connectivity index (χ4v) is 3.51. The fourth-order valence-electron chi connectivity index (χ4n) is 3.51. The van der Waals surface area contributed by atoms with Crippen molar-refractivity contribution in [2.75, 3.05) is 26.2 Å². The number of piperazine rings is 1. The third-order valence-corrected chi connectivity index (χ3v) is 4.31. The molecule has 1 fully saturated rings. The van der Waals surface area contributed by atoms with Crippen LogP contribution in [0.3, 0.4) is 0 Å². The molecule has 0 bridgehead atoms. The standard InChI is InChI=1S/C18H25N3.2ClH/c1-18(2,3)17(21-12-10-19-11-13-21)15-8-9-20-16-7-5-4-6-14(15)16;;/h4-9,17,19H,10-13H2,1-3H3;2*1H/t17-;;/m0../s1. The Bertz CT molecular complexity index is 614. The zero-order valence-electron chi connectivity index (χ0n) is 14.1. The number of hydrogen-bond acceptors (Lipinski definition) is 3. The van der Waals surface area contributed by atoms with Gasteiger partial charge in [-0.3, -0.25) is 9.88 Å². The van der Waals surface area contributed by atoms with Gasteiger partial charge in [-0.1, -0.05) is 39.0 Å². The second-order valence-corrected chi connectivity index (χ2v) is 6.97. The molecule has 2 heterocycles.